The summed E-state index contributed by atoms with van der Waals surface area (Å²) in [7, 11) is 0. The summed E-state index contributed by atoms with van der Waals surface area (Å²) in [4.78, 5) is 16.3. The molecule has 1 aromatic rings. The van der Waals surface area contributed by atoms with Gasteiger partial charge >= 0.3 is 0 Å². The molecular weight excluding hydrogens is 236 g/mol. The summed E-state index contributed by atoms with van der Waals surface area (Å²) < 4.78 is 0. The van der Waals surface area contributed by atoms with E-state index in [1.807, 2.05) is 5.38 Å². The molecule has 2 N–H and O–H groups in total. The number of anilines is 1. The lowest BCUT2D eigenvalue weighted by atomic mass is 10.1. The minimum Gasteiger partial charge on any atom is -0.392 e. The predicted octanol–water partition coefficient (Wildman–Crippen LogP) is 2.37. The van der Waals surface area contributed by atoms with Crippen LogP contribution in [0, 0.1) is 5.92 Å². The van der Waals surface area contributed by atoms with E-state index in [4.69, 9.17) is 0 Å². The zero-order chi connectivity index (χ0) is 12.4. The Morgan fingerprint density at radius 2 is 2.35 bits per heavy atom. The van der Waals surface area contributed by atoms with Gasteiger partial charge in [0.05, 0.1) is 17.7 Å². The van der Waals surface area contributed by atoms with Crippen LogP contribution in [0.2, 0.25) is 0 Å². The molecule has 1 aromatic heterocycles. The quantitative estimate of drug-likeness (QED) is 0.870. The Hall–Kier alpha value is -0.940. The Morgan fingerprint density at radius 1 is 1.59 bits per heavy atom. The van der Waals surface area contributed by atoms with Gasteiger partial charge < -0.3 is 10.4 Å². The number of carbonyl (C=O) groups is 1. The highest BCUT2D eigenvalue weighted by Gasteiger charge is 2.31. The molecule has 17 heavy (non-hydrogen) atoms. The van der Waals surface area contributed by atoms with Crippen LogP contribution in [0.4, 0.5) is 5.13 Å². The summed E-state index contributed by atoms with van der Waals surface area (Å²) in [6.45, 7) is 4.14. The van der Waals surface area contributed by atoms with E-state index in [0.29, 0.717) is 11.0 Å². The Kier molecular flexibility index (Phi) is 3.79. The van der Waals surface area contributed by atoms with E-state index in [1.165, 1.54) is 11.3 Å². The number of nitrogens with one attached hydrogen (secondary N) is 1. The van der Waals surface area contributed by atoms with Gasteiger partial charge in [0, 0.05) is 5.38 Å². The average Bonchev–Trinajstić information content (AvgIpc) is 2.86. The zero-order valence-corrected chi connectivity index (χ0v) is 11.0. The number of aliphatic hydroxyl groups excluding tert-OH is 1. The SMILES string of the molecule is CC(C)c1csc(NC(=O)C2CCCC2O)n1. The van der Waals surface area contributed by atoms with Crippen molar-refractivity contribution in [3.05, 3.63) is 11.1 Å². The molecule has 94 valence electrons. The highest BCUT2D eigenvalue weighted by atomic mass is 32.1. The van der Waals surface area contributed by atoms with E-state index < -0.39 is 6.10 Å². The first kappa shape index (κ1) is 12.5. The van der Waals surface area contributed by atoms with Crippen LogP contribution in [0.25, 0.3) is 0 Å². The van der Waals surface area contributed by atoms with Gasteiger partial charge in [-0.25, -0.2) is 4.98 Å². The molecule has 1 saturated carbocycles. The summed E-state index contributed by atoms with van der Waals surface area (Å²) in [6.07, 6.45) is 1.94. The highest BCUT2D eigenvalue weighted by molar-refractivity contribution is 7.13. The molecule has 4 nitrogen and oxygen atoms in total. The van der Waals surface area contributed by atoms with Gasteiger partial charge in [0.1, 0.15) is 0 Å². The monoisotopic (exact) mass is 254 g/mol. The van der Waals surface area contributed by atoms with E-state index in [9.17, 15) is 9.90 Å². The molecule has 1 amide bonds. The molecule has 0 spiro atoms. The smallest absolute Gasteiger partial charge is 0.231 e. The summed E-state index contributed by atoms with van der Waals surface area (Å²) in [6, 6.07) is 0. The molecule has 0 saturated heterocycles. The van der Waals surface area contributed by atoms with Crippen molar-refractivity contribution in [2.75, 3.05) is 5.32 Å². The Bertz CT molecular complexity index is 403. The van der Waals surface area contributed by atoms with Gasteiger partial charge in [0.15, 0.2) is 5.13 Å². The molecule has 2 rings (SSSR count). The van der Waals surface area contributed by atoms with Crippen LogP contribution in [0.15, 0.2) is 5.38 Å². The van der Waals surface area contributed by atoms with Gasteiger partial charge in [-0.3, -0.25) is 4.79 Å². The molecule has 1 heterocycles. The van der Waals surface area contributed by atoms with Gasteiger partial charge in [-0.1, -0.05) is 13.8 Å². The topological polar surface area (TPSA) is 62.2 Å². The number of carbonyl (C=O) groups excluding carboxylic acids is 1. The molecule has 1 aliphatic carbocycles. The van der Waals surface area contributed by atoms with Crippen LogP contribution in [-0.4, -0.2) is 22.1 Å². The number of nitrogens with zero attached hydrogens (tertiary/aromatic N) is 1. The molecule has 5 heteroatoms. The van der Waals surface area contributed by atoms with E-state index in [2.05, 4.69) is 24.1 Å². The van der Waals surface area contributed by atoms with Gasteiger partial charge in [-0.15, -0.1) is 11.3 Å². The molecule has 1 aliphatic rings. The Balaban J connectivity index is 1.97. The minimum absolute atomic E-state index is 0.0975. The van der Waals surface area contributed by atoms with Crippen LogP contribution < -0.4 is 5.32 Å². The normalized spacial score (nSPS) is 24.2. The minimum atomic E-state index is -0.487. The molecule has 2 unspecified atom stereocenters. The molecule has 0 aliphatic heterocycles. The number of aliphatic hydroxyl groups is 1. The molecule has 0 radical (unpaired) electrons. The fourth-order valence-electron chi connectivity index (χ4n) is 2.05. The van der Waals surface area contributed by atoms with Crippen LogP contribution in [0.1, 0.15) is 44.7 Å². The lowest BCUT2D eigenvalue weighted by molar-refractivity contribution is -0.122. The van der Waals surface area contributed by atoms with Crippen LogP contribution in [0.5, 0.6) is 0 Å². The van der Waals surface area contributed by atoms with Crippen molar-refractivity contribution in [2.45, 2.75) is 45.1 Å². The summed E-state index contributed by atoms with van der Waals surface area (Å²) >= 11 is 1.44. The molecule has 0 bridgehead atoms. The van der Waals surface area contributed by atoms with Crippen molar-refractivity contribution in [3.63, 3.8) is 0 Å². The van der Waals surface area contributed by atoms with Crippen molar-refractivity contribution in [3.8, 4) is 0 Å². The second kappa shape index (κ2) is 5.14. The third-order valence-corrected chi connectivity index (χ3v) is 3.94. The predicted molar refractivity (Wildman–Crippen MR) is 68.2 cm³/mol. The van der Waals surface area contributed by atoms with Gasteiger partial charge in [0.2, 0.25) is 5.91 Å². The lowest BCUT2D eigenvalue weighted by Gasteiger charge is -2.12. The van der Waals surface area contributed by atoms with E-state index >= 15 is 0 Å². The van der Waals surface area contributed by atoms with Gasteiger partial charge in [-0.05, 0) is 25.2 Å². The van der Waals surface area contributed by atoms with Crippen LogP contribution >= 0.6 is 11.3 Å². The van der Waals surface area contributed by atoms with Crippen molar-refractivity contribution in [2.24, 2.45) is 5.92 Å². The Labute approximate surface area is 105 Å². The van der Waals surface area contributed by atoms with Crippen molar-refractivity contribution in [1.29, 1.82) is 0 Å². The molecule has 0 aromatic carbocycles. The number of thiazole rings is 1. The largest absolute Gasteiger partial charge is 0.392 e. The number of hydrogen-bond acceptors (Lipinski definition) is 4. The summed E-state index contributed by atoms with van der Waals surface area (Å²) in [5, 5.41) is 15.1. The molecule has 1 fully saturated rings. The standard InChI is InChI=1S/C12H18N2O2S/c1-7(2)9-6-17-12(13-9)14-11(16)8-4-3-5-10(8)15/h6-8,10,15H,3-5H2,1-2H3,(H,13,14,16). The number of amides is 1. The molecular formula is C12H18N2O2S. The maximum Gasteiger partial charge on any atom is 0.231 e. The van der Waals surface area contributed by atoms with Gasteiger partial charge in [-0.2, -0.15) is 0 Å². The second-order valence-electron chi connectivity index (χ2n) is 4.83. The Morgan fingerprint density at radius 3 is 2.88 bits per heavy atom. The lowest BCUT2D eigenvalue weighted by Crippen LogP contribution is -2.28. The van der Waals surface area contributed by atoms with E-state index in [-0.39, 0.29) is 11.8 Å². The summed E-state index contributed by atoms with van der Waals surface area (Å²) in [5.41, 5.74) is 0.997. The third kappa shape index (κ3) is 2.84. The van der Waals surface area contributed by atoms with Crippen LogP contribution in [-0.2, 0) is 4.79 Å². The maximum atomic E-state index is 11.9. The first-order chi connectivity index (χ1) is 8.08. The van der Waals surface area contributed by atoms with Crippen molar-refractivity contribution < 1.29 is 9.90 Å². The van der Waals surface area contributed by atoms with Crippen LogP contribution in [0.3, 0.4) is 0 Å². The number of aromatic nitrogens is 1. The number of hydrogen-bond donors (Lipinski definition) is 2. The third-order valence-electron chi connectivity index (χ3n) is 3.16. The van der Waals surface area contributed by atoms with E-state index in [1.54, 1.807) is 0 Å². The van der Waals surface area contributed by atoms with Crippen molar-refractivity contribution in [1.82, 2.24) is 4.98 Å². The van der Waals surface area contributed by atoms with Gasteiger partial charge in [0.25, 0.3) is 0 Å². The molecule has 2 atom stereocenters. The fourth-order valence-corrected chi connectivity index (χ4v) is 2.93. The second-order valence-corrected chi connectivity index (χ2v) is 5.68. The highest BCUT2D eigenvalue weighted by Crippen LogP contribution is 2.28. The van der Waals surface area contributed by atoms with Crippen molar-refractivity contribution >= 4 is 22.4 Å². The average molecular weight is 254 g/mol. The first-order valence-electron chi connectivity index (χ1n) is 6.02. The zero-order valence-electron chi connectivity index (χ0n) is 10.1. The number of rotatable bonds is 3. The maximum absolute atomic E-state index is 11.9. The first-order valence-corrected chi connectivity index (χ1v) is 6.90. The fraction of sp³-hybridized carbons (Fsp3) is 0.667. The van der Waals surface area contributed by atoms with E-state index in [0.717, 1.165) is 25.0 Å². The summed E-state index contributed by atoms with van der Waals surface area (Å²) in [5.74, 6) is 0.00929.